The first-order valence-corrected chi connectivity index (χ1v) is 11.4. The lowest BCUT2D eigenvalue weighted by atomic mass is 10.00. The highest BCUT2D eigenvalue weighted by Crippen LogP contribution is 2.41. The van der Waals surface area contributed by atoms with Gasteiger partial charge in [0, 0.05) is 25.4 Å². The monoisotopic (exact) mass is 539 g/mol. The molecule has 0 bridgehead atoms. The van der Waals surface area contributed by atoms with E-state index in [1.807, 2.05) is 30.3 Å². The molecular formula is C25H23ClF5N5O. The zero-order valence-corrected chi connectivity index (χ0v) is 20.5. The van der Waals surface area contributed by atoms with Crippen molar-refractivity contribution in [1.82, 2.24) is 24.6 Å². The van der Waals surface area contributed by atoms with Crippen LogP contribution in [0.3, 0.4) is 0 Å². The number of alkyl halides is 3. The predicted octanol–water partition coefficient (Wildman–Crippen LogP) is 6.18. The number of piperidine rings is 1. The highest BCUT2D eigenvalue weighted by atomic mass is 35.5. The fourth-order valence-corrected chi connectivity index (χ4v) is 4.70. The first-order valence-electron chi connectivity index (χ1n) is 11.4. The van der Waals surface area contributed by atoms with Crippen LogP contribution in [0.2, 0.25) is 0 Å². The van der Waals surface area contributed by atoms with Gasteiger partial charge in [0.25, 0.3) is 0 Å². The maximum Gasteiger partial charge on any atom is 0.419 e. The summed E-state index contributed by atoms with van der Waals surface area (Å²) in [6.07, 6.45) is -0.882. The fraction of sp³-hybridized carbons (Fsp3) is 0.320. The van der Waals surface area contributed by atoms with E-state index in [2.05, 4.69) is 20.0 Å². The van der Waals surface area contributed by atoms with Crippen LogP contribution in [0, 0.1) is 11.6 Å². The van der Waals surface area contributed by atoms with Gasteiger partial charge in [-0.2, -0.15) is 18.3 Å². The number of likely N-dealkylation sites (tertiary alicyclic amines) is 1. The number of rotatable bonds is 4. The van der Waals surface area contributed by atoms with Crippen molar-refractivity contribution in [1.29, 1.82) is 0 Å². The summed E-state index contributed by atoms with van der Waals surface area (Å²) < 4.78 is 69.9. The number of phenolic OH excluding ortho intramolecular Hbond substituents is 1. The van der Waals surface area contributed by atoms with E-state index in [0.717, 1.165) is 31.4 Å². The molecule has 1 aliphatic heterocycles. The molecule has 12 heteroatoms. The SMILES string of the molecule is Cl.Cn1nc(-c2cc(C(F)(F)F)c(F)c(O)c2F)c2cnc(C3CCCCN3Cc3ccccc3)nc21. The first kappa shape index (κ1) is 26.7. The lowest BCUT2D eigenvalue weighted by molar-refractivity contribution is -0.140. The lowest BCUT2D eigenvalue weighted by Crippen LogP contribution is -2.34. The second-order valence-corrected chi connectivity index (χ2v) is 8.85. The molecule has 37 heavy (non-hydrogen) atoms. The molecule has 4 aromatic rings. The number of aromatic nitrogens is 4. The van der Waals surface area contributed by atoms with Crippen LogP contribution in [0.25, 0.3) is 22.3 Å². The van der Waals surface area contributed by atoms with Gasteiger partial charge in [0.2, 0.25) is 0 Å². The standard InChI is InChI=1S/C25H22F5N5O.ClH/c1-34-24-16(21(33-34)15-11-17(25(28,29)30)20(27)22(36)19(15)26)12-31-23(32-24)18-9-5-6-10-35(18)13-14-7-3-2-4-8-14;/h2-4,7-8,11-12,18,36H,5-6,9-10,13H2,1H3;1H. The van der Waals surface area contributed by atoms with Crippen molar-refractivity contribution in [3.8, 4) is 17.0 Å². The molecule has 0 spiro atoms. The van der Waals surface area contributed by atoms with Crippen LogP contribution in [-0.4, -0.2) is 36.3 Å². The molecule has 6 nitrogen and oxygen atoms in total. The number of aromatic hydroxyl groups is 1. The Bertz CT molecular complexity index is 1430. The molecule has 1 saturated heterocycles. The van der Waals surface area contributed by atoms with E-state index in [1.165, 1.54) is 17.9 Å². The van der Waals surface area contributed by atoms with Gasteiger partial charge >= 0.3 is 6.18 Å². The number of hydrogen-bond acceptors (Lipinski definition) is 5. The summed E-state index contributed by atoms with van der Waals surface area (Å²) in [5.41, 5.74) is -1.25. The van der Waals surface area contributed by atoms with Crippen LogP contribution in [-0.2, 0) is 19.8 Å². The highest BCUT2D eigenvalue weighted by molar-refractivity contribution is 5.91. The van der Waals surface area contributed by atoms with Crippen LogP contribution < -0.4 is 0 Å². The van der Waals surface area contributed by atoms with Gasteiger partial charge in [-0.25, -0.2) is 23.4 Å². The van der Waals surface area contributed by atoms with Gasteiger partial charge in [0.15, 0.2) is 23.0 Å². The molecular weight excluding hydrogens is 517 g/mol. The smallest absolute Gasteiger partial charge is 0.419 e. The van der Waals surface area contributed by atoms with Gasteiger partial charge in [-0.15, -0.1) is 12.4 Å². The molecule has 1 N–H and O–H groups in total. The Morgan fingerprint density at radius 2 is 1.81 bits per heavy atom. The van der Waals surface area contributed by atoms with E-state index in [4.69, 9.17) is 0 Å². The summed E-state index contributed by atoms with van der Waals surface area (Å²) in [5.74, 6) is -4.79. The van der Waals surface area contributed by atoms with Crippen molar-refractivity contribution in [2.45, 2.75) is 38.0 Å². The number of hydrogen-bond donors (Lipinski definition) is 1. The second kappa shape index (κ2) is 10.2. The number of nitrogens with zero attached hydrogens (tertiary/aromatic N) is 5. The normalized spacial score (nSPS) is 16.6. The van der Waals surface area contributed by atoms with Crippen molar-refractivity contribution < 1.29 is 27.1 Å². The summed E-state index contributed by atoms with van der Waals surface area (Å²) in [5, 5.41) is 14.0. The van der Waals surface area contributed by atoms with Gasteiger partial charge in [0.05, 0.1) is 17.0 Å². The van der Waals surface area contributed by atoms with Crippen LogP contribution in [0.1, 0.15) is 42.3 Å². The Morgan fingerprint density at radius 3 is 2.51 bits per heavy atom. The van der Waals surface area contributed by atoms with Crippen molar-refractivity contribution in [2.24, 2.45) is 7.05 Å². The van der Waals surface area contributed by atoms with E-state index < -0.39 is 34.7 Å². The van der Waals surface area contributed by atoms with E-state index >= 15 is 0 Å². The van der Waals surface area contributed by atoms with Gasteiger partial charge in [-0.05, 0) is 31.0 Å². The van der Waals surface area contributed by atoms with Gasteiger partial charge in [-0.3, -0.25) is 4.90 Å². The van der Waals surface area contributed by atoms with Crippen LogP contribution in [0.15, 0.2) is 42.6 Å². The Balaban J connectivity index is 0.00000320. The molecule has 1 aliphatic rings. The van der Waals surface area contributed by atoms with E-state index in [0.29, 0.717) is 18.4 Å². The zero-order chi connectivity index (χ0) is 25.6. The highest BCUT2D eigenvalue weighted by Gasteiger charge is 2.38. The molecule has 196 valence electrons. The largest absolute Gasteiger partial charge is 0.503 e. The third kappa shape index (κ3) is 4.97. The quantitative estimate of drug-likeness (QED) is 0.314. The second-order valence-electron chi connectivity index (χ2n) is 8.85. The maximum atomic E-state index is 14.7. The zero-order valence-electron chi connectivity index (χ0n) is 19.6. The predicted molar refractivity (Wildman–Crippen MR) is 129 cm³/mol. The number of aryl methyl sites for hydroxylation is 1. The molecule has 0 aliphatic carbocycles. The van der Waals surface area contributed by atoms with E-state index in [9.17, 15) is 27.1 Å². The van der Waals surface area contributed by atoms with Gasteiger partial charge < -0.3 is 5.11 Å². The van der Waals surface area contributed by atoms with Crippen molar-refractivity contribution in [3.63, 3.8) is 0 Å². The minimum absolute atomic E-state index is 0. The van der Waals surface area contributed by atoms with Crippen molar-refractivity contribution in [3.05, 3.63) is 71.2 Å². The number of benzene rings is 2. The summed E-state index contributed by atoms with van der Waals surface area (Å²) in [6, 6.07) is 10.2. The molecule has 3 heterocycles. The fourth-order valence-electron chi connectivity index (χ4n) is 4.70. The molecule has 0 radical (unpaired) electrons. The number of halogens is 6. The molecule has 2 aromatic heterocycles. The number of fused-ring (bicyclic) bond motifs is 1. The van der Waals surface area contributed by atoms with E-state index in [1.54, 1.807) is 0 Å². The van der Waals surface area contributed by atoms with Crippen LogP contribution in [0.4, 0.5) is 22.0 Å². The van der Waals surface area contributed by atoms with Crippen LogP contribution in [0.5, 0.6) is 5.75 Å². The summed E-state index contributed by atoms with van der Waals surface area (Å²) in [7, 11) is 1.52. The van der Waals surface area contributed by atoms with E-state index in [-0.39, 0.29) is 35.2 Å². The maximum absolute atomic E-state index is 14.7. The molecule has 1 fully saturated rings. The lowest BCUT2D eigenvalue weighted by Gasteiger charge is -2.34. The Labute approximate surface area is 215 Å². The molecule has 2 aromatic carbocycles. The van der Waals surface area contributed by atoms with Crippen molar-refractivity contribution in [2.75, 3.05) is 6.54 Å². The molecule has 1 atom stereocenters. The average Bonchev–Trinajstić information content (AvgIpc) is 3.18. The minimum atomic E-state index is -5.14. The third-order valence-electron chi connectivity index (χ3n) is 6.48. The summed E-state index contributed by atoms with van der Waals surface area (Å²) >= 11 is 0. The third-order valence-corrected chi connectivity index (χ3v) is 6.48. The Kier molecular flexibility index (Phi) is 7.38. The molecule has 1 unspecified atom stereocenters. The average molecular weight is 540 g/mol. The number of phenols is 1. The van der Waals surface area contributed by atoms with Gasteiger partial charge in [-0.1, -0.05) is 36.8 Å². The molecule has 0 saturated carbocycles. The van der Waals surface area contributed by atoms with Gasteiger partial charge in [0.1, 0.15) is 11.5 Å². The minimum Gasteiger partial charge on any atom is -0.503 e. The first-order chi connectivity index (χ1) is 17.1. The molecule has 5 rings (SSSR count). The Morgan fingerprint density at radius 1 is 1.08 bits per heavy atom. The van der Waals surface area contributed by atoms with Crippen LogP contribution >= 0.6 is 12.4 Å². The van der Waals surface area contributed by atoms with Crippen molar-refractivity contribution >= 4 is 23.4 Å². The summed E-state index contributed by atoms with van der Waals surface area (Å²) in [6.45, 7) is 1.57. The molecule has 0 amide bonds. The topological polar surface area (TPSA) is 67.1 Å². The summed E-state index contributed by atoms with van der Waals surface area (Å²) in [4.78, 5) is 11.4. The Hall–Kier alpha value is -3.31.